The molecule has 0 aliphatic carbocycles. The van der Waals surface area contributed by atoms with Crippen LogP contribution in [0.2, 0.25) is 0 Å². The van der Waals surface area contributed by atoms with E-state index in [4.69, 9.17) is 13.9 Å². The summed E-state index contributed by atoms with van der Waals surface area (Å²) in [7, 11) is -3.78. The zero-order valence-electron chi connectivity index (χ0n) is 8.52. The summed E-state index contributed by atoms with van der Waals surface area (Å²) in [5, 5.41) is 0. The van der Waals surface area contributed by atoms with Gasteiger partial charge in [0.2, 0.25) is 0 Å². The number of phosphoric acid groups is 1. The first kappa shape index (κ1) is 13.1. The van der Waals surface area contributed by atoms with E-state index in [1.54, 1.807) is 0 Å². The summed E-state index contributed by atoms with van der Waals surface area (Å²) in [6, 6.07) is 0. The van der Waals surface area contributed by atoms with Gasteiger partial charge in [0, 0.05) is 0 Å². The van der Waals surface area contributed by atoms with Crippen molar-refractivity contribution in [2.45, 2.75) is 33.6 Å². The Bertz CT molecular complexity index is 170. The molecule has 0 aromatic rings. The van der Waals surface area contributed by atoms with E-state index in [0.717, 1.165) is 12.8 Å². The molecule has 0 aromatic carbocycles. The van der Waals surface area contributed by atoms with E-state index in [9.17, 15) is 4.57 Å². The lowest BCUT2D eigenvalue weighted by molar-refractivity contribution is 0.135. The second-order valence-electron chi connectivity index (χ2n) is 3.34. The third kappa shape index (κ3) is 8.44. The predicted molar refractivity (Wildman–Crippen MR) is 51.5 cm³/mol. The first-order valence-electron chi connectivity index (χ1n) is 4.60. The van der Waals surface area contributed by atoms with Gasteiger partial charge in [-0.1, -0.05) is 27.2 Å². The molecule has 0 fully saturated rings. The van der Waals surface area contributed by atoms with E-state index in [1.165, 1.54) is 0 Å². The maximum Gasteiger partial charge on any atom is 0.472 e. The van der Waals surface area contributed by atoms with Gasteiger partial charge in [-0.05, 0) is 12.3 Å². The van der Waals surface area contributed by atoms with E-state index in [-0.39, 0.29) is 19.1 Å². The SMILES string of the molecule is CCCCOP(=O)(O)OCC(C)C. The Balaban J connectivity index is 3.61. The van der Waals surface area contributed by atoms with Crippen LogP contribution < -0.4 is 0 Å². The molecule has 0 spiro atoms. The number of rotatable bonds is 7. The van der Waals surface area contributed by atoms with Gasteiger partial charge in [0.15, 0.2) is 0 Å². The standard InChI is InChI=1S/C8H19O4P/c1-4-5-6-11-13(9,10)12-7-8(2)3/h8H,4-7H2,1-3H3,(H,9,10). The average molecular weight is 210 g/mol. The topological polar surface area (TPSA) is 55.8 Å². The van der Waals surface area contributed by atoms with Gasteiger partial charge in [0.05, 0.1) is 13.2 Å². The normalized spacial score (nSPS) is 16.1. The van der Waals surface area contributed by atoms with Gasteiger partial charge in [-0.15, -0.1) is 0 Å². The summed E-state index contributed by atoms with van der Waals surface area (Å²) in [5.41, 5.74) is 0. The molecule has 1 N–H and O–H groups in total. The van der Waals surface area contributed by atoms with Crippen LogP contribution >= 0.6 is 7.82 Å². The first-order valence-corrected chi connectivity index (χ1v) is 6.09. The van der Waals surface area contributed by atoms with E-state index in [2.05, 4.69) is 0 Å². The molecule has 0 aliphatic rings. The first-order chi connectivity index (χ1) is 5.98. The molecule has 0 radical (unpaired) electrons. The van der Waals surface area contributed by atoms with Crippen LogP contribution in [0.15, 0.2) is 0 Å². The van der Waals surface area contributed by atoms with Crippen LogP contribution in [0.1, 0.15) is 33.6 Å². The maximum absolute atomic E-state index is 11.1. The second-order valence-corrected chi connectivity index (χ2v) is 4.80. The number of hydrogen-bond acceptors (Lipinski definition) is 3. The molecular formula is C8H19O4P. The minimum atomic E-state index is -3.78. The van der Waals surface area contributed by atoms with Crippen molar-refractivity contribution in [3.63, 3.8) is 0 Å². The number of phosphoric ester groups is 1. The Morgan fingerprint density at radius 2 is 2.00 bits per heavy atom. The Morgan fingerprint density at radius 3 is 2.46 bits per heavy atom. The van der Waals surface area contributed by atoms with Crippen LogP contribution in [0, 0.1) is 5.92 Å². The molecule has 1 atom stereocenters. The molecule has 0 saturated carbocycles. The van der Waals surface area contributed by atoms with E-state index in [1.807, 2.05) is 20.8 Å². The van der Waals surface area contributed by atoms with Crippen LogP contribution in [0.4, 0.5) is 0 Å². The van der Waals surface area contributed by atoms with Crippen LogP contribution in [0.5, 0.6) is 0 Å². The molecule has 1 unspecified atom stereocenters. The Morgan fingerprint density at radius 1 is 1.38 bits per heavy atom. The Labute approximate surface area is 79.9 Å². The van der Waals surface area contributed by atoms with Crippen molar-refractivity contribution in [1.29, 1.82) is 0 Å². The zero-order valence-corrected chi connectivity index (χ0v) is 9.42. The smallest absolute Gasteiger partial charge is 0.302 e. The van der Waals surface area contributed by atoms with Gasteiger partial charge in [0.1, 0.15) is 0 Å². The highest BCUT2D eigenvalue weighted by Gasteiger charge is 2.20. The summed E-state index contributed by atoms with van der Waals surface area (Å²) >= 11 is 0. The molecule has 80 valence electrons. The highest BCUT2D eigenvalue weighted by atomic mass is 31.2. The summed E-state index contributed by atoms with van der Waals surface area (Å²) in [5.74, 6) is 0.232. The predicted octanol–water partition coefficient (Wildman–Crippen LogP) is 2.58. The molecule has 0 rings (SSSR count). The monoisotopic (exact) mass is 210 g/mol. The Kier molecular flexibility index (Phi) is 6.60. The van der Waals surface area contributed by atoms with Crippen molar-refractivity contribution in [2.75, 3.05) is 13.2 Å². The molecule has 0 amide bonds. The van der Waals surface area contributed by atoms with E-state index < -0.39 is 7.82 Å². The van der Waals surface area contributed by atoms with Crippen LogP contribution in [0.25, 0.3) is 0 Å². The van der Waals surface area contributed by atoms with Gasteiger partial charge in [-0.25, -0.2) is 4.57 Å². The quantitative estimate of drug-likeness (QED) is 0.518. The molecule has 0 aromatic heterocycles. The Hall–Kier alpha value is 0.110. The van der Waals surface area contributed by atoms with Crippen LogP contribution in [-0.2, 0) is 13.6 Å². The molecule has 5 heteroatoms. The minimum Gasteiger partial charge on any atom is -0.302 e. The van der Waals surface area contributed by atoms with Crippen molar-refractivity contribution in [2.24, 2.45) is 5.92 Å². The third-order valence-corrected chi connectivity index (χ3v) is 2.31. The minimum absolute atomic E-state index is 0.232. The molecule has 0 saturated heterocycles. The molecule has 4 nitrogen and oxygen atoms in total. The van der Waals surface area contributed by atoms with Crippen molar-refractivity contribution >= 4 is 7.82 Å². The highest BCUT2D eigenvalue weighted by Crippen LogP contribution is 2.43. The molecular weight excluding hydrogens is 191 g/mol. The molecule has 0 bridgehead atoms. The fourth-order valence-electron chi connectivity index (χ4n) is 0.605. The lowest BCUT2D eigenvalue weighted by Crippen LogP contribution is -2.02. The summed E-state index contributed by atoms with van der Waals surface area (Å²) in [6.45, 7) is 6.33. The van der Waals surface area contributed by atoms with Gasteiger partial charge in [0.25, 0.3) is 0 Å². The van der Waals surface area contributed by atoms with E-state index >= 15 is 0 Å². The highest BCUT2D eigenvalue weighted by molar-refractivity contribution is 7.47. The summed E-state index contributed by atoms with van der Waals surface area (Å²) < 4.78 is 20.5. The fourth-order valence-corrected chi connectivity index (χ4v) is 1.53. The number of hydrogen-bond donors (Lipinski definition) is 1. The van der Waals surface area contributed by atoms with Crippen molar-refractivity contribution in [3.05, 3.63) is 0 Å². The summed E-state index contributed by atoms with van der Waals surface area (Å²) in [6.07, 6.45) is 1.71. The van der Waals surface area contributed by atoms with Gasteiger partial charge in [-0.2, -0.15) is 0 Å². The maximum atomic E-state index is 11.1. The van der Waals surface area contributed by atoms with Gasteiger partial charge < -0.3 is 4.89 Å². The largest absolute Gasteiger partial charge is 0.472 e. The average Bonchev–Trinajstić information content (AvgIpc) is 2.02. The second kappa shape index (κ2) is 6.55. The van der Waals surface area contributed by atoms with Crippen molar-refractivity contribution in [3.8, 4) is 0 Å². The third-order valence-electron chi connectivity index (χ3n) is 1.32. The number of unbranched alkanes of at least 4 members (excludes halogenated alkanes) is 1. The van der Waals surface area contributed by atoms with Gasteiger partial charge in [-0.3, -0.25) is 9.05 Å². The summed E-state index contributed by atoms with van der Waals surface area (Å²) in [4.78, 5) is 9.10. The molecule has 0 aliphatic heterocycles. The van der Waals surface area contributed by atoms with Crippen LogP contribution in [0.3, 0.4) is 0 Å². The lowest BCUT2D eigenvalue weighted by atomic mass is 10.2. The van der Waals surface area contributed by atoms with E-state index in [0.29, 0.717) is 0 Å². The lowest BCUT2D eigenvalue weighted by Gasteiger charge is -2.12. The van der Waals surface area contributed by atoms with Crippen molar-refractivity contribution < 1.29 is 18.5 Å². The molecule has 0 heterocycles. The van der Waals surface area contributed by atoms with Crippen LogP contribution in [-0.4, -0.2) is 18.1 Å². The van der Waals surface area contributed by atoms with Crippen molar-refractivity contribution in [1.82, 2.24) is 0 Å². The zero-order chi connectivity index (χ0) is 10.3. The fraction of sp³-hybridized carbons (Fsp3) is 1.00. The molecule has 13 heavy (non-hydrogen) atoms. The van der Waals surface area contributed by atoms with Gasteiger partial charge >= 0.3 is 7.82 Å².